The third-order valence-electron chi connectivity index (χ3n) is 3.14. The van der Waals surface area contributed by atoms with E-state index in [0.29, 0.717) is 6.10 Å². The van der Waals surface area contributed by atoms with E-state index in [9.17, 15) is 0 Å². The van der Waals surface area contributed by atoms with E-state index in [0.717, 1.165) is 26.1 Å². The molecule has 1 rings (SSSR count). The van der Waals surface area contributed by atoms with Gasteiger partial charge in [-0.15, -0.1) is 0 Å². The van der Waals surface area contributed by atoms with Crippen molar-refractivity contribution in [3.8, 4) is 0 Å². The SMILES string of the molecule is [CH2]C1CCC(COCCCCCCCC)O1. The van der Waals surface area contributed by atoms with Gasteiger partial charge >= 0.3 is 0 Å². The molecular formula is C14H27O2. The highest BCUT2D eigenvalue weighted by Gasteiger charge is 2.21. The first kappa shape index (κ1) is 14.0. The van der Waals surface area contributed by atoms with Crippen molar-refractivity contribution < 1.29 is 9.47 Å². The van der Waals surface area contributed by atoms with Crippen molar-refractivity contribution in [3.05, 3.63) is 6.92 Å². The van der Waals surface area contributed by atoms with Crippen molar-refractivity contribution in [1.82, 2.24) is 0 Å². The summed E-state index contributed by atoms with van der Waals surface area (Å²) in [4.78, 5) is 0. The summed E-state index contributed by atoms with van der Waals surface area (Å²) >= 11 is 0. The third kappa shape index (κ3) is 6.49. The second kappa shape index (κ2) is 9.00. The first-order valence-corrected chi connectivity index (χ1v) is 6.89. The zero-order valence-electron chi connectivity index (χ0n) is 10.7. The molecule has 0 aliphatic carbocycles. The fraction of sp³-hybridized carbons (Fsp3) is 0.929. The Balaban J connectivity index is 1.78. The molecule has 2 unspecified atom stereocenters. The first-order valence-electron chi connectivity index (χ1n) is 6.89. The molecule has 0 N–H and O–H groups in total. The van der Waals surface area contributed by atoms with E-state index in [1.54, 1.807) is 0 Å². The van der Waals surface area contributed by atoms with Crippen molar-refractivity contribution >= 4 is 0 Å². The smallest absolute Gasteiger partial charge is 0.0813 e. The van der Waals surface area contributed by atoms with Gasteiger partial charge in [-0.2, -0.15) is 0 Å². The van der Waals surface area contributed by atoms with Crippen molar-refractivity contribution in [3.63, 3.8) is 0 Å². The van der Waals surface area contributed by atoms with Gasteiger partial charge in [-0.25, -0.2) is 0 Å². The molecule has 1 aliphatic heterocycles. The van der Waals surface area contributed by atoms with Crippen molar-refractivity contribution in [2.45, 2.75) is 70.5 Å². The molecule has 0 aromatic carbocycles. The molecule has 0 saturated carbocycles. The quantitative estimate of drug-likeness (QED) is 0.559. The summed E-state index contributed by atoms with van der Waals surface area (Å²) in [6.45, 7) is 7.81. The summed E-state index contributed by atoms with van der Waals surface area (Å²) in [5.41, 5.74) is 0. The van der Waals surface area contributed by atoms with E-state index in [1.165, 1.54) is 38.5 Å². The Morgan fingerprint density at radius 3 is 2.56 bits per heavy atom. The Hall–Kier alpha value is -0.0800. The van der Waals surface area contributed by atoms with Crippen LogP contribution in [0.2, 0.25) is 0 Å². The van der Waals surface area contributed by atoms with E-state index >= 15 is 0 Å². The molecule has 0 bridgehead atoms. The second-order valence-corrected chi connectivity index (χ2v) is 4.80. The van der Waals surface area contributed by atoms with E-state index in [-0.39, 0.29) is 6.10 Å². The number of ether oxygens (including phenoxy) is 2. The zero-order chi connectivity index (χ0) is 11.6. The molecular weight excluding hydrogens is 200 g/mol. The molecule has 1 heterocycles. The van der Waals surface area contributed by atoms with Crippen molar-refractivity contribution in [2.24, 2.45) is 0 Å². The van der Waals surface area contributed by atoms with Crippen LogP contribution in [-0.4, -0.2) is 25.4 Å². The maximum absolute atomic E-state index is 5.62. The number of rotatable bonds is 9. The molecule has 95 valence electrons. The van der Waals surface area contributed by atoms with E-state index in [2.05, 4.69) is 13.8 Å². The van der Waals surface area contributed by atoms with Gasteiger partial charge in [0.15, 0.2) is 0 Å². The van der Waals surface area contributed by atoms with Crippen LogP contribution in [-0.2, 0) is 9.47 Å². The lowest BCUT2D eigenvalue weighted by Crippen LogP contribution is -2.16. The van der Waals surface area contributed by atoms with Crippen molar-refractivity contribution in [2.75, 3.05) is 13.2 Å². The highest BCUT2D eigenvalue weighted by molar-refractivity contribution is 4.74. The largest absolute Gasteiger partial charge is 0.379 e. The Morgan fingerprint density at radius 2 is 1.88 bits per heavy atom. The molecule has 0 aromatic rings. The van der Waals surface area contributed by atoms with Gasteiger partial charge in [0.05, 0.1) is 18.8 Å². The lowest BCUT2D eigenvalue weighted by molar-refractivity contribution is -0.00291. The summed E-state index contributed by atoms with van der Waals surface area (Å²) in [6, 6.07) is 0. The van der Waals surface area contributed by atoms with Gasteiger partial charge < -0.3 is 9.47 Å². The number of hydrogen-bond donors (Lipinski definition) is 0. The van der Waals surface area contributed by atoms with Crippen LogP contribution in [0.4, 0.5) is 0 Å². The molecule has 0 aromatic heterocycles. The van der Waals surface area contributed by atoms with Gasteiger partial charge in [-0.3, -0.25) is 0 Å². The molecule has 1 radical (unpaired) electrons. The van der Waals surface area contributed by atoms with E-state index < -0.39 is 0 Å². The van der Waals surface area contributed by atoms with Crippen LogP contribution in [0.5, 0.6) is 0 Å². The fourth-order valence-corrected chi connectivity index (χ4v) is 2.10. The van der Waals surface area contributed by atoms with Gasteiger partial charge in [-0.1, -0.05) is 39.0 Å². The summed E-state index contributed by atoms with van der Waals surface area (Å²) < 4.78 is 11.2. The molecule has 2 nitrogen and oxygen atoms in total. The first-order chi connectivity index (χ1) is 7.83. The Bertz CT molecular complexity index is 159. The topological polar surface area (TPSA) is 18.5 Å². The second-order valence-electron chi connectivity index (χ2n) is 4.80. The monoisotopic (exact) mass is 227 g/mol. The van der Waals surface area contributed by atoms with Crippen LogP contribution in [0.3, 0.4) is 0 Å². The molecule has 2 heteroatoms. The zero-order valence-corrected chi connectivity index (χ0v) is 10.7. The predicted octanol–water partition coefficient (Wildman–Crippen LogP) is 3.75. The molecule has 2 atom stereocenters. The summed E-state index contributed by atoms with van der Waals surface area (Å²) in [7, 11) is 0. The minimum absolute atomic E-state index is 0.197. The third-order valence-corrected chi connectivity index (χ3v) is 3.14. The van der Waals surface area contributed by atoms with Gasteiger partial charge in [0.1, 0.15) is 0 Å². The Morgan fingerprint density at radius 1 is 1.12 bits per heavy atom. The molecule has 0 amide bonds. The van der Waals surface area contributed by atoms with Gasteiger partial charge in [0.2, 0.25) is 0 Å². The molecule has 16 heavy (non-hydrogen) atoms. The Labute approximate surface area is 101 Å². The number of hydrogen-bond acceptors (Lipinski definition) is 2. The van der Waals surface area contributed by atoms with Crippen LogP contribution < -0.4 is 0 Å². The molecule has 0 spiro atoms. The van der Waals surface area contributed by atoms with Crippen LogP contribution in [0.25, 0.3) is 0 Å². The predicted molar refractivity (Wildman–Crippen MR) is 67.4 cm³/mol. The van der Waals surface area contributed by atoms with Crippen LogP contribution in [0.15, 0.2) is 0 Å². The van der Waals surface area contributed by atoms with E-state index in [1.807, 2.05) is 0 Å². The maximum atomic E-state index is 5.62. The van der Waals surface area contributed by atoms with Crippen LogP contribution in [0, 0.1) is 6.92 Å². The summed E-state index contributed by atoms with van der Waals surface area (Å²) in [5, 5.41) is 0. The summed E-state index contributed by atoms with van der Waals surface area (Å²) in [5.74, 6) is 0. The van der Waals surface area contributed by atoms with Crippen LogP contribution >= 0.6 is 0 Å². The van der Waals surface area contributed by atoms with Crippen molar-refractivity contribution in [1.29, 1.82) is 0 Å². The van der Waals surface area contributed by atoms with Gasteiger partial charge in [0, 0.05) is 6.61 Å². The maximum Gasteiger partial charge on any atom is 0.0813 e. The summed E-state index contributed by atoms with van der Waals surface area (Å²) in [6.07, 6.45) is 10.7. The minimum Gasteiger partial charge on any atom is -0.379 e. The minimum atomic E-state index is 0.197. The van der Waals surface area contributed by atoms with Gasteiger partial charge in [0.25, 0.3) is 0 Å². The van der Waals surface area contributed by atoms with Gasteiger partial charge in [-0.05, 0) is 26.2 Å². The van der Waals surface area contributed by atoms with E-state index in [4.69, 9.17) is 9.47 Å². The fourth-order valence-electron chi connectivity index (χ4n) is 2.10. The Kier molecular flexibility index (Phi) is 7.87. The normalized spacial score (nSPS) is 25.1. The molecule has 1 aliphatic rings. The van der Waals surface area contributed by atoms with Crippen LogP contribution in [0.1, 0.15) is 58.3 Å². The highest BCUT2D eigenvalue weighted by Crippen LogP contribution is 2.18. The average Bonchev–Trinajstić information content (AvgIpc) is 2.68. The highest BCUT2D eigenvalue weighted by atomic mass is 16.5. The molecule has 1 fully saturated rings. The number of unbranched alkanes of at least 4 members (excludes halogenated alkanes) is 5. The lowest BCUT2D eigenvalue weighted by atomic mass is 10.1. The lowest BCUT2D eigenvalue weighted by Gasteiger charge is -2.11. The standard InChI is InChI=1S/C14H27O2/c1-3-4-5-6-7-8-11-15-12-14-10-9-13(2)16-14/h13-14H,2-12H2,1H3. The average molecular weight is 227 g/mol. The molecule has 1 saturated heterocycles.